The highest BCUT2D eigenvalue weighted by atomic mass is 35.5. The van der Waals surface area contributed by atoms with Gasteiger partial charge < -0.3 is 20.1 Å². The van der Waals surface area contributed by atoms with Crippen LogP contribution >= 0.6 is 11.6 Å². The molecule has 154 valence electrons. The van der Waals surface area contributed by atoms with E-state index in [1.54, 1.807) is 48.5 Å². The van der Waals surface area contributed by atoms with Crippen molar-refractivity contribution < 1.29 is 14.3 Å². The van der Waals surface area contributed by atoms with Crippen molar-refractivity contribution in [2.75, 3.05) is 10.6 Å². The number of hydrogen-bond acceptors (Lipinski definition) is 6. The number of rotatable bonds is 4. The van der Waals surface area contributed by atoms with E-state index in [0.717, 1.165) is 0 Å². The monoisotopic (exact) mass is 432 g/mol. The Morgan fingerprint density at radius 2 is 1.52 bits per heavy atom. The molecule has 0 atom stereocenters. The molecular formula is C23H17ClN4O3. The number of benzene rings is 3. The molecule has 2 N–H and O–H groups in total. The maximum atomic E-state index is 12.7. The summed E-state index contributed by atoms with van der Waals surface area (Å²) in [7, 11) is 0. The van der Waals surface area contributed by atoms with Crippen molar-refractivity contribution in [2.24, 2.45) is 9.98 Å². The topological polar surface area (TPSA) is 84.3 Å². The van der Waals surface area contributed by atoms with Crippen LogP contribution in [-0.2, 0) is 14.3 Å². The maximum absolute atomic E-state index is 12.7. The predicted molar refractivity (Wildman–Crippen MR) is 121 cm³/mol. The molecule has 0 aromatic heterocycles. The highest BCUT2D eigenvalue weighted by Crippen LogP contribution is 2.18. The largest absolute Gasteiger partial charge is 0.403 e. The van der Waals surface area contributed by atoms with Crippen LogP contribution in [0.5, 0.6) is 0 Å². The van der Waals surface area contributed by atoms with E-state index in [1.807, 2.05) is 36.4 Å². The van der Waals surface area contributed by atoms with Gasteiger partial charge in [-0.2, -0.15) is 4.99 Å². The zero-order chi connectivity index (χ0) is 21.5. The molecule has 0 unspecified atom stereocenters. The molecule has 1 amide bonds. The Morgan fingerprint density at radius 3 is 2.23 bits per heavy atom. The first-order chi connectivity index (χ1) is 15.2. The van der Waals surface area contributed by atoms with Crippen LogP contribution in [0.15, 0.2) is 107 Å². The Hall–Kier alpha value is -4.10. The second-order valence-corrected chi connectivity index (χ2v) is 6.73. The highest BCUT2D eigenvalue weighted by Gasteiger charge is 2.21. The lowest BCUT2D eigenvalue weighted by Gasteiger charge is -2.11. The van der Waals surface area contributed by atoms with E-state index in [-0.39, 0.29) is 17.9 Å². The number of halogens is 1. The van der Waals surface area contributed by atoms with Crippen LogP contribution in [-0.4, -0.2) is 18.0 Å². The second-order valence-electron chi connectivity index (χ2n) is 6.30. The fourth-order valence-corrected chi connectivity index (χ4v) is 2.68. The third kappa shape index (κ3) is 5.71. The van der Waals surface area contributed by atoms with Crippen LogP contribution in [0, 0.1) is 0 Å². The number of hydrogen-bond donors (Lipinski definition) is 2. The minimum atomic E-state index is -0.493. The van der Waals surface area contributed by atoms with E-state index >= 15 is 0 Å². The van der Waals surface area contributed by atoms with E-state index in [2.05, 4.69) is 20.6 Å². The number of carbonyl (C=O) groups is 1. The summed E-state index contributed by atoms with van der Waals surface area (Å²) in [5, 5.41) is 6.35. The molecule has 0 aliphatic carbocycles. The summed E-state index contributed by atoms with van der Waals surface area (Å²) in [6.07, 6.45) is 1.11. The van der Waals surface area contributed by atoms with Gasteiger partial charge >= 0.3 is 12.1 Å². The molecule has 0 saturated carbocycles. The molecular weight excluding hydrogens is 416 g/mol. The molecule has 3 aromatic carbocycles. The molecule has 0 fully saturated rings. The van der Waals surface area contributed by atoms with E-state index in [0.29, 0.717) is 22.1 Å². The van der Waals surface area contributed by atoms with E-state index in [1.165, 1.54) is 6.20 Å². The van der Waals surface area contributed by atoms with E-state index in [9.17, 15) is 4.79 Å². The molecule has 0 bridgehead atoms. The third-order valence-corrected chi connectivity index (χ3v) is 4.26. The van der Waals surface area contributed by atoms with Crippen molar-refractivity contribution in [3.05, 3.63) is 102 Å². The van der Waals surface area contributed by atoms with Gasteiger partial charge in [0.05, 0.1) is 11.9 Å². The molecule has 0 saturated heterocycles. The van der Waals surface area contributed by atoms with Gasteiger partial charge in [0.25, 0.3) is 5.91 Å². The summed E-state index contributed by atoms with van der Waals surface area (Å²) >= 11 is 5.93. The fourth-order valence-electron chi connectivity index (χ4n) is 2.55. The standard InChI is InChI=1S/C23H17ClN4O3/c24-16-11-13-19(14-12-16)27-22-25-15-20(21(29)26-17-7-3-1-4-8-17)30-23(31-22)28-18-9-5-2-6-10-18/h1-15H,(H,25,27)(H,26,29). The van der Waals surface area contributed by atoms with Gasteiger partial charge in [-0.1, -0.05) is 48.0 Å². The zero-order valence-electron chi connectivity index (χ0n) is 16.2. The van der Waals surface area contributed by atoms with E-state index < -0.39 is 5.91 Å². The van der Waals surface area contributed by atoms with Gasteiger partial charge in [-0.3, -0.25) is 4.79 Å². The number of amidine groups is 1. The number of nitrogens with zero attached hydrogens (tertiary/aromatic N) is 2. The summed E-state index contributed by atoms with van der Waals surface area (Å²) in [6.45, 7) is 0. The quantitative estimate of drug-likeness (QED) is 0.584. The van der Waals surface area contributed by atoms with Gasteiger partial charge in [0.15, 0.2) is 0 Å². The van der Waals surface area contributed by atoms with Crippen LogP contribution in [0.25, 0.3) is 0 Å². The van der Waals surface area contributed by atoms with Crippen molar-refractivity contribution in [3.63, 3.8) is 0 Å². The van der Waals surface area contributed by atoms with Crippen LogP contribution in [0.1, 0.15) is 0 Å². The number of carbonyl (C=O) groups excluding carboxylic acids is 1. The average molecular weight is 433 g/mol. The Kier molecular flexibility index (Phi) is 6.25. The Morgan fingerprint density at radius 1 is 0.839 bits per heavy atom. The normalized spacial score (nSPS) is 14.4. The van der Waals surface area contributed by atoms with Crippen LogP contribution in [0.2, 0.25) is 5.02 Å². The Labute approximate surface area is 183 Å². The molecule has 0 radical (unpaired) electrons. The molecule has 4 rings (SSSR count). The number of para-hydroxylation sites is 2. The van der Waals surface area contributed by atoms with Crippen molar-refractivity contribution >= 4 is 46.7 Å². The predicted octanol–water partition coefficient (Wildman–Crippen LogP) is 5.32. The lowest BCUT2D eigenvalue weighted by molar-refractivity contribution is -0.115. The Bertz CT molecular complexity index is 1140. The van der Waals surface area contributed by atoms with Gasteiger partial charge in [-0.05, 0) is 48.5 Å². The fraction of sp³-hybridized carbons (Fsp3) is 0. The molecule has 0 spiro atoms. The summed E-state index contributed by atoms with van der Waals surface area (Å²) < 4.78 is 11.3. The first kappa shape index (κ1) is 20.2. The van der Waals surface area contributed by atoms with Crippen molar-refractivity contribution in [1.29, 1.82) is 0 Å². The lowest BCUT2D eigenvalue weighted by Crippen LogP contribution is -2.22. The summed E-state index contributed by atoms with van der Waals surface area (Å²) in [5.74, 6) is -0.571. The summed E-state index contributed by atoms with van der Waals surface area (Å²) in [5.41, 5.74) is 1.90. The Balaban J connectivity index is 1.61. The second kappa shape index (κ2) is 9.60. The maximum Gasteiger partial charge on any atom is 0.402 e. The number of amides is 1. The van der Waals surface area contributed by atoms with Crippen molar-refractivity contribution in [2.45, 2.75) is 0 Å². The number of aliphatic imine (C=N–C) groups is 2. The van der Waals surface area contributed by atoms with Crippen LogP contribution < -0.4 is 10.6 Å². The first-order valence-corrected chi connectivity index (χ1v) is 9.70. The number of nitrogens with one attached hydrogen (secondary N) is 2. The third-order valence-electron chi connectivity index (χ3n) is 4.01. The lowest BCUT2D eigenvalue weighted by atomic mass is 10.3. The van der Waals surface area contributed by atoms with Crippen LogP contribution in [0.4, 0.5) is 17.1 Å². The number of ether oxygens (including phenoxy) is 2. The zero-order valence-corrected chi connectivity index (χ0v) is 16.9. The summed E-state index contributed by atoms with van der Waals surface area (Å²) in [6, 6.07) is 25.2. The molecule has 1 heterocycles. The number of anilines is 2. The molecule has 3 aromatic rings. The molecule has 1 aliphatic rings. The molecule has 7 nitrogen and oxygen atoms in total. The van der Waals surface area contributed by atoms with Crippen LogP contribution in [0.3, 0.4) is 0 Å². The van der Waals surface area contributed by atoms with Crippen molar-refractivity contribution in [3.8, 4) is 0 Å². The minimum absolute atomic E-state index is 0.0774. The molecule has 1 aliphatic heterocycles. The minimum Gasteiger partial charge on any atom is -0.403 e. The average Bonchev–Trinajstić information content (AvgIpc) is 2.99. The van der Waals surface area contributed by atoms with Crippen molar-refractivity contribution in [1.82, 2.24) is 0 Å². The van der Waals surface area contributed by atoms with Gasteiger partial charge in [-0.25, -0.2) is 4.99 Å². The van der Waals surface area contributed by atoms with Gasteiger partial charge in [0, 0.05) is 16.4 Å². The summed E-state index contributed by atoms with van der Waals surface area (Å²) in [4.78, 5) is 21.2. The smallest absolute Gasteiger partial charge is 0.402 e. The van der Waals surface area contributed by atoms with Gasteiger partial charge in [0.2, 0.25) is 5.76 Å². The highest BCUT2D eigenvalue weighted by molar-refractivity contribution is 6.30. The first-order valence-electron chi connectivity index (χ1n) is 9.32. The molecule has 8 heteroatoms. The van der Waals surface area contributed by atoms with Gasteiger partial charge in [0.1, 0.15) is 0 Å². The van der Waals surface area contributed by atoms with Gasteiger partial charge in [-0.15, -0.1) is 0 Å². The molecule has 31 heavy (non-hydrogen) atoms. The van der Waals surface area contributed by atoms with E-state index in [4.69, 9.17) is 21.1 Å². The SMILES string of the molecule is O=C(Nc1ccccc1)C1=CN=C(Nc2ccc(Cl)cc2)OC(=Nc2ccccc2)O1.